The van der Waals surface area contributed by atoms with Gasteiger partial charge in [0.25, 0.3) is 5.91 Å². The summed E-state index contributed by atoms with van der Waals surface area (Å²) in [7, 11) is 1.53. The zero-order valence-corrected chi connectivity index (χ0v) is 15.8. The smallest absolute Gasteiger partial charge is 0.261 e. The first-order valence-corrected chi connectivity index (χ1v) is 8.94. The van der Waals surface area contributed by atoms with Crippen molar-refractivity contribution in [1.82, 2.24) is 4.98 Å². The van der Waals surface area contributed by atoms with Crippen LogP contribution in [0.5, 0.6) is 5.75 Å². The minimum atomic E-state index is -0.271. The SMILES string of the molecule is COc1ccccc1C(=O)Nc1nc(-c2ccc(Cl)c(Cl)c2)c(C)s1. The lowest BCUT2D eigenvalue weighted by atomic mass is 10.1. The monoisotopic (exact) mass is 392 g/mol. The molecule has 25 heavy (non-hydrogen) atoms. The number of aromatic nitrogens is 1. The van der Waals surface area contributed by atoms with Crippen LogP contribution >= 0.6 is 34.5 Å². The number of amides is 1. The third-order valence-corrected chi connectivity index (χ3v) is 5.19. The Kier molecular flexibility index (Phi) is 5.27. The van der Waals surface area contributed by atoms with E-state index < -0.39 is 0 Å². The van der Waals surface area contributed by atoms with E-state index in [1.165, 1.54) is 18.4 Å². The predicted molar refractivity (Wildman–Crippen MR) is 103 cm³/mol. The van der Waals surface area contributed by atoms with E-state index in [1.54, 1.807) is 30.3 Å². The van der Waals surface area contributed by atoms with Gasteiger partial charge in [-0.2, -0.15) is 0 Å². The molecule has 0 radical (unpaired) electrons. The fourth-order valence-electron chi connectivity index (χ4n) is 2.36. The Balaban J connectivity index is 1.87. The van der Waals surface area contributed by atoms with Crippen LogP contribution in [0.3, 0.4) is 0 Å². The number of nitrogens with zero attached hydrogens (tertiary/aromatic N) is 1. The Bertz CT molecular complexity index is 941. The summed E-state index contributed by atoms with van der Waals surface area (Å²) in [5.41, 5.74) is 2.06. The number of anilines is 1. The molecular weight excluding hydrogens is 379 g/mol. The Morgan fingerprint density at radius 1 is 1.16 bits per heavy atom. The van der Waals surface area contributed by atoms with Crippen molar-refractivity contribution in [3.8, 4) is 17.0 Å². The van der Waals surface area contributed by atoms with Gasteiger partial charge in [0.1, 0.15) is 5.75 Å². The molecule has 3 aromatic rings. The van der Waals surface area contributed by atoms with Crippen LogP contribution in [0.4, 0.5) is 5.13 Å². The zero-order chi connectivity index (χ0) is 18.0. The molecule has 0 fully saturated rings. The average Bonchev–Trinajstić information content (AvgIpc) is 2.97. The van der Waals surface area contributed by atoms with E-state index in [9.17, 15) is 4.79 Å². The molecule has 128 valence electrons. The number of nitrogens with one attached hydrogen (secondary N) is 1. The maximum absolute atomic E-state index is 12.5. The molecule has 1 N–H and O–H groups in total. The van der Waals surface area contributed by atoms with Crippen LogP contribution < -0.4 is 10.1 Å². The summed E-state index contributed by atoms with van der Waals surface area (Å²) < 4.78 is 5.22. The largest absolute Gasteiger partial charge is 0.496 e. The first-order valence-electron chi connectivity index (χ1n) is 7.37. The van der Waals surface area contributed by atoms with Gasteiger partial charge >= 0.3 is 0 Å². The van der Waals surface area contributed by atoms with Crippen LogP contribution in [0, 0.1) is 6.92 Å². The highest BCUT2D eigenvalue weighted by atomic mass is 35.5. The van der Waals surface area contributed by atoms with Gasteiger partial charge in [0.05, 0.1) is 28.4 Å². The molecule has 2 aromatic carbocycles. The molecule has 0 spiro atoms. The van der Waals surface area contributed by atoms with Crippen LogP contribution in [0.2, 0.25) is 10.0 Å². The number of hydrogen-bond donors (Lipinski definition) is 1. The van der Waals surface area contributed by atoms with E-state index >= 15 is 0 Å². The quantitative estimate of drug-likeness (QED) is 0.620. The molecular formula is C18H14Cl2N2O2S. The summed E-state index contributed by atoms with van der Waals surface area (Å²) in [5.74, 6) is 0.241. The number of halogens is 2. The Labute approximate surface area is 159 Å². The fourth-order valence-corrected chi connectivity index (χ4v) is 3.49. The Morgan fingerprint density at radius 3 is 2.64 bits per heavy atom. The molecule has 1 aromatic heterocycles. The van der Waals surface area contributed by atoms with Gasteiger partial charge < -0.3 is 4.74 Å². The van der Waals surface area contributed by atoms with E-state index in [-0.39, 0.29) is 5.91 Å². The number of benzene rings is 2. The first kappa shape index (κ1) is 17.7. The minimum absolute atomic E-state index is 0.271. The number of ether oxygens (including phenoxy) is 1. The van der Waals surface area contributed by atoms with Crippen LogP contribution in [0.15, 0.2) is 42.5 Å². The van der Waals surface area contributed by atoms with E-state index in [2.05, 4.69) is 10.3 Å². The van der Waals surface area contributed by atoms with Gasteiger partial charge in [-0.1, -0.05) is 41.4 Å². The van der Waals surface area contributed by atoms with E-state index in [0.29, 0.717) is 26.5 Å². The standard InChI is InChI=1S/C18H14Cl2N2O2S/c1-10-16(11-7-8-13(19)14(20)9-11)21-18(25-10)22-17(23)12-5-3-4-6-15(12)24-2/h3-9H,1-2H3,(H,21,22,23). The molecule has 0 atom stereocenters. The van der Waals surface area contributed by atoms with Gasteiger partial charge in [0.15, 0.2) is 5.13 Å². The summed E-state index contributed by atoms with van der Waals surface area (Å²) in [6, 6.07) is 12.4. The number of hydrogen-bond acceptors (Lipinski definition) is 4. The van der Waals surface area contributed by atoms with Crippen LogP contribution in [0.1, 0.15) is 15.2 Å². The second-order valence-corrected chi connectivity index (χ2v) is 7.22. The van der Waals surface area contributed by atoms with Crippen molar-refractivity contribution in [1.29, 1.82) is 0 Å². The van der Waals surface area contributed by atoms with Gasteiger partial charge in [-0.15, -0.1) is 11.3 Å². The molecule has 0 bridgehead atoms. The molecule has 0 aliphatic rings. The number of methoxy groups -OCH3 is 1. The number of carbonyl (C=O) groups is 1. The highest BCUT2D eigenvalue weighted by molar-refractivity contribution is 7.16. The Hall–Kier alpha value is -2.08. The lowest BCUT2D eigenvalue weighted by Crippen LogP contribution is -2.12. The van der Waals surface area contributed by atoms with Gasteiger partial charge in [-0.3, -0.25) is 10.1 Å². The number of rotatable bonds is 4. The van der Waals surface area contributed by atoms with Crippen molar-refractivity contribution < 1.29 is 9.53 Å². The van der Waals surface area contributed by atoms with Gasteiger partial charge in [0, 0.05) is 10.4 Å². The minimum Gasteiger partial charge on any atom is -0.496 e. The molecule has 0 saturated heterocycles. The van der Waals surface area contributed by atoms with Crippen molar-refractivity contribution in [3.63, 3.8) is 0 Å². The van der Waals surface area contributed by atoms with E-state index in [1.807, 2.05) is 19.1 Å². The number of thiazole rings is 1. The highest BCUT2D eigenvalue weighted by Gasteiger charge is 2.16. The van der Waals surface area contributed by atoms with Crippen molar-refractivity contribution >= 4 is 45.6 Å². The normalized spacial score (nSPS) is 10.6. The number of aryl methyl sites for hydroxylation is 1. The second-order valence-electron chi connectivity index (χ2n) is 5.21. The molecule has 3 rings (SSSR count). The van der Waals surface area contributed by atoms with Gasteiger partial charge in [-0.25, -0.2) is 4.98 Å². The summed E-state index contributed by atoms with van der Waals surface area (Å²) in [6.45, 7) is 1.94. The molecule has 1 heterocycles. The second kappa shape index (κ2) is 7.44. The van der Waals surface area contributed by atoms with Gasteiger partial charge in [-0.05, 0) is 31.2 Å². The Morgan fingerprint density at radius 2 is 1.92 bits per heavy atom. The summed E-state index contributed by atoms with van der Waals surface area (Å²) in [5, 5.41) is 4.28. The molecule has 1 amide bonds. The summed E-state index contributed by atoms with van der Waals surface area (Å²) in [4.78, 5) is 18.0. The van der Waals surface area contributed by atoms with Crippen molar-refractivity contribution in [2.24, 2.45) is 0 Å². The maximum atomic E-state index is 12.5. The van der Waals surface area contributed by atoms with E-state index in [4.69, 9.17) is 27.9 Å². The van der Waals surface area contributed by atoms with Crippen LogP contribution in [-0.2, 0) is 0 Å². The lowest BCUT2D eigenvalue weighted by molar-refractivity contribution is 0.102. The summed E-state index contributed by atoms with van der Waals surface area (Å²) >= 11 is 13.4. The molecule has 0 aliphatic carbocycles. The van der Waals surface area contributed by atoms with Crippen LogP contribution in [0.25, 0.3) is 11.3 Å². The highest BCUT2D eigenvalue weighted by Crippen LogP contribution is 2.34. The predicted octanol–water partition coefficient (Wildman–Crippen LogP) is 5.69. The number of para-hydroxylation sites is 1. The molecule has 7 heteroatoms. The van der Waals surface area contributed by atoms with Crippen LogP contribution in [-0.4, -0.2) is 18.0 Å². The van der Waals surface area contributed by atoms with Crippen molar-refractivity contribution in [2.45, 2.75) is 6.92 Å². The average molecular weight is 393 g/mol. The molecule has 0 unspecified atom stereocenters. The van der Waals surface area contributed by atoms with Crippen molar-refractivity contribution in [3.05, 3.63) is 63.0 Å². The fraction of sp³-hybridized carbons (Fsp3) is 0.111. The number of carbonyl (C=O) groups excluding carboxylic acids is 1. The van der Waals surface area contributed by atoms with Crippen molar-refractivity contribution in [2.75, 3.05) is 12.4 Å². The molecule has 0 saturated carbocycles. The maximum Gasteiger partial charge on any atom is 0.261 e. The molecule has 4 nitrogen and oxygen atoms in total. The first-order chi connectivity index (χ1) is 12.0. The summed E-state index contributed by atoms with van der Waals surface area (Å²) in [6.07, 6.45) is 0. The third-order valence-electron chi connectivity index (χ3n) is 3.56. The topological polar surface area (TPSA) is 51.2 Å². The van der Waals surface area contributed by atoms with E-state index in [0.717, 1.165) is 16.1 Å². The third kappa shape index (κ3) is 3.79. The lowest BCUT2D eigenvalue weighted by Gasteiger charge is -2.07. The van der Waals surface area contributed by atoms with Gasteiger partial charge in [0.2, 0.25) is 0 Å². The molecule has 0 aliphatic heterocycles. The zero-order valence-electron chi connectivity index (χ0n) is 13.5.